The lowest BCUT2D eigenvalue weighted by Crippen LogP contribution is -2.49. The van der Waals surface area contributed by atoms with Gasteiger partial charge < -0.3 is 14.1 Å². The first-order valence-electron chi connectivity index (χ1n) is 10.7. The van der Waals surface area contributed by atoms with Gasteiger partial charge in [0.25, 0.3) is 5.91 Å². The molecule has 1 aliphatic carbocycles. The number of likely N-dealkylation sites (tertiary alicyclic amines) is 1. The van der Waals surface area contributed by atoms with E-state index < -0.39 is 0 Å². The van der Waals surface area contributed by atoms with Gasteiger partial charge in [-0.3, -0.25) is 9.69 Å². The molecule has 2 aliphatic heterocycles. The van der Waals surface area contributed by atoms with E-state index in [2.05, 4.69) is 21.3 Å². The molecule has 2 aromatic rings. The lowest BCUT2D eigenvalue weighted by molar-refractivity contribution is -0.0345. The molecule has 2 aromatic heterocycles. The Bertz CT molecular complexity index is 861. The quantitative estimate of drug-likeness (QED) is 0.785. The van der Waals surface area contributed by atoms with E-state index in [-0.39, 0.29) is 5.91 Å². The summed E-state index contributed by atoms with van der Waals surface area (Å²) in [6.45, 7) is 7.47. The van der Waals surface area contributed by atoms with Crippen LogP contribution in [0.3, 0.4) is 0 Å². The summed E-state index contributed by atoms with van der Waals surface area (Å²) in [7, 11) is 0. The van der Waals surface area contributed by atoms with Gasteiger partial charge in [0.1, 0.15) is 11.5 Å². The van der Waals surface area contributed by atoms with Crippen molar-refractivity contribution in [3.05, 3.63) is 35.5 Å². The van der Waals surface area contributed by atoms with E-state index in [1.807, 2.05) is 28.8 Å². The zero-order chi connectivity index (χ0) is 19.8. The number of morpholine rings is 1. The van der Waals surface area contributed by atoms with Gasteiger partial charge in [0.15, 0.2) is 5.69 Å². The molecule has 1 amide bonds. The Morgan fingerprint density at radius 2 is 1.97 bits per heavy atom. The van der Waals surface area contributed by atoms with E-state index in [0.717, 1.165) is 50.4 Å². The summed E-state index contributed by atoms with van der Waals surface area (Å²) in [5.41, 5.74) is 0.752. The first kappa shape index (κ1) is 18.8. The summed E-state index contributed by atoms with van der Waals surface area (Å²) in [5.74, 6) is 1.99. The van der Waals surface area contributed by atoms with Gasteiger partial charge >= 0.3 is 0 Å². The molecule has 8 nitrogen and oxygen atoms in total. The number of piperidine rings is 1. The van der Waals surface area contributed by atoms with Gasteiger partial charge in [0.05, 0.1) is 32.0 Å². The molecule has 0 radical (unpaired) electrons. The SMILES string of the molecule is Cc1ccc(CN2CCC3(CCC3n3cc(C(=O)N4CCOCC4)nn3)CC2)o1. The van der Waals surface area contributed by atoms with Gasteiger partial charge in [-0.15, -0.1) is 5.10 Å². The van der Waals surface area contributed by atoms with Crippen molar-refractivity contribution in [2.45, 2.75) is 45.2 Å². The fourth-order valence-electron chi connectivity index (χ4n) is 5.08. The monoisotopic (exact) mass is 399 g/mol. The zero-order valence-corrected chi connectivity index (χ0v) is 17.0. The Kier molecular flexibility index (Phi) is 4.91. The van der Waals surface area contributed by atoms with Crippen molar-refractivity contribution in [1.82, 2.24) is 24.8 Å². The van der Waals surface area contributed by atoms with Crippen LogP contribution < -0.4 is 0 Å². The van der Waals surface area contributed by atoms with Gasteiger partial charge in [0.2, 0.25) is 0 Å². The van der Waals surface area contributed by atoms with Crippen molar-refractivity contribution >= 4 is 5.91 Å². The summed E-state index contributed by atoms with van der Waals surface area (Å²) in [6.07, 6.45) is 6.53. The number of ether oxygens (including phenoxy) is 1. The van der Waals surface area contributed by atoms with E-state index in [1.165, 1.54) is 6.42 Å². The number of carbonyl (C=O) groups excluding carboxylic acids is 1. The molecule has 0 aromatic carbocycles. The van der Waals surface area contributed by atoms with Crippen molar-refractivity contribution in [2.75, 3.05) is 39.4 Å². The fraction of sp³-hybridized carbons (Fsp3) is 0.667. The molecular formula is C21H29N5O3. The predicted octanol–water partition coefficient (Wildman–Crippen LogP) is 2.27. The Morgan fingerprint density at radius 3 is 2.62 bits per heavy atom. The Morgan fingerprint density at radius 1 is 1.17 bits per heavy atom. The van der Waals surface area contributed by atoms with Crippen molar-refractivity contribution in [2.24, 2.45) is 5.41 Å². The fourth-order valence-corrected chi connectivity index (χ4v) is 5.08. The van der Waals surface area contributed by atoms with Gasteiger partial charge in [-0.25, -0.2) is 4.68 Å². The highest BCUT2D eigenvalue weighted by Gasteiger charge is 2.49. The minimum absolute atomic E-state index is 0.0310. The van der Waals surface area contributed by atoms with Crippen LogP contribution in [0.25, 0.3) is 0 Å². The third-order valence-electron chi connectivity index (χ3n) is 7.00. The first-order chi connectivity index (χ1) is 14.1. The Balaban J connectivity index is 1.21. The van der Waals surface area contributed by atoms with Gasteiger partial charge in [-0.05, 0) is 63.2 Å². The lowest BCUT2D eigenvalue weighted by Gasteiger charge is -2.53. The number of furan rings is 1. The maximum Gasteiger partial charge on any atom is 0.276 e. The molecule has 0 N–H and O–H groups in total. The second-order valence-corrected chi connectivity index (χ2v) is 8.69. The molecular weight excluding hydrogens is 370 g/mol. The van der Waals surface area contributed by atoms with Crippen LogP contribution in [0.15, 0.2) is 22.7 Å². The third-order valence-corrected chi connectivity index (χ3v) is 7.00. The predicted molar refractivity (Wildman–Crippen MR) is 105 cm³/mol. The molecule has 5 rings (SSSR count). The van der Waals surface area contributed by atoms with Crippen molar-refractivity contribution in [3.63, 3.8) is 0 Å². The number of aromatic nitrogens is 3. The van der Waals surface area contributed by atoms with Crippen LogP contribution in [0.5, 0.6) is 0 Å². The van der Waals surface area contributed by atoms with Crippen molar-refractivity contribution < 1.29 is 13.9 Å². The zero-order valence-electron chi connectivity index (χ0n) is 17.0. The molecule has 3 fully saturated rings. The van der Waals surface area contributed by atoms with E-state index in [0.29, 0.717) is 43.5 Å². The van der Waals surface area contributed by atoms with E-state index in [4.69, 9.17) is 9.15 Å². The number of carbonyl (C=O) groups is 1. The molecule has 2 saturated heterocycles. The first-order valence-corrected chi connectivity index (χ1v) is 10.7. The number of rotatable bonds is 4. The number of amides is 1. The molecule has 1 spiro atoms. The summed E-state index contributed by atoms with van der Waals surface area (Å²) >= 11 is 0. The average molecular weight is 399 g/mol. The van der Waals surface area contributed by atoms with Crippen molar-refractivity contribution in [3.8, 4) is 0 Å². The molecule has 3 aliphatic rings. The van der Waals surface area contributed by atoms with Crippen LogP contribution in [0.4, 0.5) is 0 Å². The molecule has 1 saturated carbocycles. The van der Waals surface area contributed by atoms with Gasteiger partial charge in [0, 0.05) is 13.1 Å². The van der Waals surface area contributed by atoms with E-state index in [9.17, 15) is 4.79 Å². The normalized spacial score (nSPS) is 24.6. The minimum atomic E-state index is -0.0310. The van der Waals surface area contributed by atoms with Crippen LogP contribution in [0, 0.1) is 12.3 Å². The van der Waals surface area contributed by atoms with Crippen LogP contribution in [-0.2, 0) is 11.3 Å². The Labute approximate surface area is 170 Å². The van der Waals surface area contributed by atoms with Crippen LogP contribution in [0.2, 0.25) is 0 Å². The number of aryl methyl sites for hydroxylation is 1. The molecule has 156 valence electrons. The largest absolute Gasteiger partial charge is 0.465 e. The number of hydrogen-bond acceptors (Lipinski definition) is 6. The molecule has 4 heterocycles. The third kappa shape index (κ3) is 3.59. The van der Waals surface area contributed by atoms with Gasteiger partial charge in [-0.2, -0.15) is 0 Å². The number of hydrogen-bond donors (Lipinski definition) is 0. The average Bonchev–Trinajstić information content (AvgIpc) is 3.37. The smallest absolute Gasteiger partial charge is 0.276 e. The number of nitrogens with zero attached hydrogens (tertiary/aromatic N) is 5. The van der Waals surface area contributed by atoms with Crippen molar-refractivity contribution in [1.29, 1.82) is 0 Å². The molecule has 0 bridgehead atoms. The summed E-state index contributed by atoms with van der Waals surface area (Å²) in [5, 5.41) is 8.56. The summed E-state index contributed by atoms with van der Waals surface area (Å²) in [4.78, 5) is 17.0. The minimum Gasteiger partial charge on any atom is -0.465 e. The summed E-state index contributed by atoms with van der Waals surface area (Å²) in [6, 6.07) is 4.46. The topological polar surface area (TPSA) is 76.6 Å². The Hall–Kier alpha value is -2.19. The maximum atomic E-state index is 12.7. The molecule has 1 atom stereocenters. The second kappa shape index (κ2) is 7.57. The van der Waals surface area contributed by atoms with Gasteiger partial charge in [-0.1, -0.05) is 5.21 Å². The van der Waals surface area contributed by atoms with Crippen LogP contribution in [-0.4, -0.2) is 70.1 Å². The summed E-state index contributed by atoms with van der Waals surface area (Å²) < 4.78 is 13.0. The maximum absolute atomic E-state index is 12.7. The molecule has 29 heavy (non-hydrogen) atoms. The standard InChI is InChI=1S/C21H29N5O3/c1-16-2-3-17(29-16)14-24-8-6-21(7-9-24)5-4-19(21)26-15-18(22-23-26)20(27)25-10-12-28-13-11-25/h2-3,15,19H,4-14H2,1H3. The second-order valence-electron chi connectivity index (χ2n) is 8.69. The van der Waals surface area contributed by atoms with Crippen LogP contribution >= 0.6 is 0 Å². The molecule has 8 heteroatoms. The highest BCUT2D eigenvalue weighted by Crippen LogP contribution is 2.56. The van der Waals surface area contributed by atoms with E-state index >= 15 is 0 Å². The van der Waals surface area contributed by atoms with E-state index in [1.54, 1.807) is 0 Å². The molecule has 1 unspecified atom stereocenters. The van der Waals surface area contributed by atoms with Crippen LogP contribution in [0.1, 0.15) is 53.7 Å². The lowest BCUT2D eigenvalue weighted by atomic mass is 9.59. The highest BCUT2D eigenvalue weighted by molar-refractivity contribution is 5.92. The highest BCUT2D eigenvalue weighted by atomic mass is 16.5.